The number of carbonyl (C=O) groups is 1. The Morgan fingerprint density at radius 3 is 3.00 bits per heavy atom. The van der Waals surface area contributed by atoms with Gasteiger partial charge in [-0.2, -0.15) is 0 Å². The fraction of sp³-hybridized carbons (Fsp3) is 0.538. The molecule has 1 aromatic heterocycles. The van der Waals surface area contributed by atoms with Crippen LogP contribution in [-0.2, 0) is 4.79 Å². The van der Waals surface area contributed by atoms with Crippen molar-refractivity contribution in [1.29, 1.82) is 0 Å². The summed E-state index contributed by atoms with van der Waals surface area (Å²) in [5.41, 5.74) is 5.69. The van der Waals surface area contributed by atoms with Crippen molar-refractivity contribution in [2.24, 2.45) is 5.92 Å². The monoisotopic (exact) mass is 249 g/mol. The van der Waals surface area contributed by atoms with Gasteiger partial charge in [0.15, 0.2) is 0 Å². The second kappa shape index (κ2) is 5.25. The molecule has 0 saturated carbocycles. The molecular formula is C13H19N3O2. The highest BCUT2D eigenvalue weighted by Crippen LogP contribution is 2.30. The third-order valence-corrected chi connectivity index (χ3v) is 3.56. The van der Waals surface area contributed by atoms with Crippen LogP contribution in [0.25, 0.3) is 0 Å². The molecule has 0 spiro atoms. The van der Waals surface area contributed by atoms with Crippen molar-refractivity contribution in [3.8, 4) is 0 Å². The molecule has 2 unspecified atom stereocenters. The fourth-order valence-electron chi connectivity index (χ4n) is 2.73. The highest BCUT2D eigenvalue weighted by Gasteiger charge is 2.35. The van der Waals surface area contributed by atoms with E-state index in [2.05, 4.69) is 9.88 Å². The van der Waals surface area contributed by atoms with Gasteiger partial charge in [-0.25, -0.2) is 4.98 Å². The number of hydrogen-bond acceptors (Lipinski definition) is 4. The third kappa shape index (κ3) is 2.39. The summed E-state index contributed by atoms with van der Waals surface area (Å²) in [7, 11) is 0. The average Bonchev–Trinajstić information content (AvgIpc) is 2.37. The number of aromatic nitrogens is 1. The molecule has 1 saturated heterocycles. The molecule has 1 aliphatic rings. The Morgan fingerprint density at radius 1 is 1.61 bits per heavy atom. The first-order valence-corrected chi connectivity index (χ1v) is 6.35. The lowest BCUT2D eigenvalue weighted by atomic mass is 9.87. The van der Waals surface area contributed by atoms with Crippen molar-refractivity contribution in [2.75, 3.05) is 17.2 Å². The van der Waals surface area contributed by atoms with Gasteiger partial charge in [0.1, 0.15) is 11.6 Å². The highest BCUT2D eigenvalue weighted by atomic mass is 16.4. The maximum atomic E-state index is 11.3. The minimum atomic E-state index is -0.713. The Hall–Kier alpha value is -1.78. The molecule has 1 fully saturated rings. The molecule has 5 heteroatoms. The molecule has 1 aromatic rings. The van der Waals surface area contributed by atoms with Crippen LogP contribution in [0.5, 0.6) is 0 Å². The van der Waals surface area contributed by atoms with E-state index in [1.807, 2.05) is 19.1 Å². The molecule has 2 heterocycles. The van der Waals surface area contributed by atoms with Gasteiger partial charge < -0.3 is 15.7 Å². The molecule has 2 rings (SSSR count). The van der Waals surface area contributed by atoms with Gasteiger partial charge in [-0.15, -0.1) is 0 Å². The molecule has 1 aliphatic heterocycles. The third-order valence-electron chi connectivity index (χ3n) is 3.56. The van der Waals surface area contributed by atoms with Gasteiger partial charge in [0.25, 0.3) is 0 Å². The van der Waals surface area contributed by atoms with Crippen molar-refractivity contribution in [1.82, 2.24) is 4.98 Å². The van der Waals surface area contributed by atoms with Crippen LogP contribution in [0.4, 0.5) is 11.6 Å². The molecule has 5 nitrogen and oxygen atoms in total. The zero-order chi connectivity index (χ0) is 13.1. The standard InChI is InChI=1S/C13H19N3O2/c1-2-10-9(13(17)18)5-4-8-16(10)12-7-3-6-11(14)15-12/h3,6-7,9-10H,2,4-5,8H2,1H3,(H2,14,15)(H,17,18). The van der Waals surface area contributed by atoms with Crippen LogP contribution in [0.15, 0.2) is 18.2 Å². The minimum absolute atomic E-state index is 0.00514. The maximum absolute atomic E-state index is 11.3. The van der Waals surface area contributed by atoms with Gasteiger partial charge in [-0.3, -0.25) is 4.79 Å². The number of rotatable bonds is 3. The number of nitrogen functional groups attached to an aromatic ring is 1. The number of piperidine rings is 1. The number of hydrogen-bond donors (Lipinski definition) is 2. The lowest BCUT2D eigenvalue weighted by molar-refractivity contribution is -0.143. The van der Waals surface area contributed by atoms with E-state index in [0.717, 1.165) is 31.6 Å². The Kier molecular flexibility index (Phi) is 3.69. The molecule has 18 heavy (non-hydrogen) atoms. The van der Waals surface area contributed by atoms with Gasteiger partial charge in [-0.1, -0.05) is 13.0 Å². The second-order valence-corrected chi connectivity index (χ2v) is 4.68. The van der Waals surface area contributed by atoms with E-state index in [-0.39, 0.29) is 12.0 Å². The lowest BCUT2D eigenvalue weighted by Gasteiger charge is -2.40. The predicted octanol–water partition coefficient (Wildman–Crippen LogP) is 1.74. The summed E-state index contributed by atoms with van der Waals surface area (Å²) < 4.78 is 0. The number of aliphatic carboxylic acids is 1. The number of nitrogens with zero attached hydrogens (tertiary/aromatic N) is 2. The summed E-state index contributed by atoms with van der Waals surface area (Å²) in [6, 6.07) is 5.49. The van der Waals surface area contributed by atoms with E-state index < -0.39 is 5.97 Å². The van der Waals surface area contributed by atoms with Crippen molar-refractivity contribution in [3.63, 3.8) is 0 Å². The number of carboxylic acid groups (broad SMARTS) is 1. The predicted molar refractivity (Wildman–Crippen MR) is 70.4 cm³/mol. The van der Waals surface area contributed by atoms with Crippen LogP contribution in [0.2, 0.25) is 0 Å². The molecule has 98 valence electrons. The molecular weight excluding hydrogens is 230 g/mol. The van der Waals surface area contributed by atoms with Crippen LogP contribution in [0.1, 0.15) is 26.2 Å². The number of anilines is 2. The van der Waals surface area contributed by atoms with Crippen molar-refractivity contribution < 1.29 is 9.90 Å². The Balaban J connectivity index is 2.28. The van der Waals surface area contributed by atoms with E-state index in [1.54, 1.807) is 6.07 Å². The van der Waals surface area contributed by atoms with Gasteiger partial charge in [0.2, 0.25) is 0 Å². The van der Waals surface area contributed by atoms with Crippen LogP contribution in [0.3, 0.4) is 0 Å². The lowest BCUT2D eigenvalue weighted by Crippen LogP contribution is -2.48. The maximum Gasteiger partial charge on any atom is 0.308 e. The number of nitrogens with two attached hydrogens (primary N) is 1. The summed E-state index contributed by atoms with van der Waals surface area (Å²) >= 11 is 0. The summed E-state index contributed by atoms with van der Waals surface area (Å²) in [6.45, 7) is 2.87. The van der Waals surface area contributed by atoms with E-state index >= 15 is 0 Å². The van der Waals surface area contributed by atoms with E-state index in [9.17, 15) is 9.90 Å². The first-order valence-electron chi connectivity index (χ1n) is 6.35. The summed E-state index contributed by atoms with van der Waals surface area (Å²) in [5.74, 6) is 0.232. The smallest absolute Gasteiger partial charge is 0.308 e. The van der Waals surface area contributed by atoms with Crippen molar-refractivity contribution in [2.45, 2.75) is 32.2 Å². The quantitative estimate of drug-likeness (QED) is 0.853. The van der Waals surface area contributed by atoms with Gasteiger partial charge in [0.05, 0.1) is 5.92 Å². The number of pyridine rings is 1. The van der Waals surface area contributed by atoms with Crippen LogP contribution >= 0.6 is 0 Å². The second-order valence-electron chi connectivity index (χ2n) is 4.68. The molecule has 0 aliphatic carbocycles. The topological polar surface area (TPSA) is 79.5 Å². The highest BCUT2D eigenvalue weighted by molar-refractivity contribution is 5.72. The van der Waals surface area contributed by atoms with Gasteiger partial charge >= 0.3 is 5.97 Å². The van der Waals surface area contributed by atoms with Crippen molar-refractivity contribution in [3.05, 3.63) is 18.2 Å². The largest absolute Gasteiger partial charge is 0.481 e. The zero-order valence-electron chi connectivity index (χ0n) is 10.5. The van der Waals surface area contributed by atoms with Crippen LogP contribution in [-0.4, -0.2) is 28.6 Å². The normalized spacial score (nSPS) is 23.9. The van der Waals surface area contributed by atoms with E-state index in [4.69, 9.17) is 5.73 Å². The van der Waals surface area contributed by atoms with E-state index in [1.165, 1.54) is 0 Å². The fourth-order valence-corrected chi connectivity index (χ4v) is 2.73. The minimum Gasteiger partial charge on any atom is -0.481 e. The molecule has 0 aromatic carbocycles. The molecule has 3 N–H and O–H groups in total. The molecule has 2 atom stereocenters. The van der Waals surface area contributed by atoms with Crippen molar-refractivity contribution >= 4 is 17.6 Å². The number of carboxylic acids is 1. The molecule has 0 radical (unpaired) electrons. The summed E-state index contributed by atoms with van der Waals surface area (Å²) in [5, 5.41) is 9.29. The van der Waals surface area contributed by atoms with Gasteiger partial charge in [0, 0.05) is 12.6 Å². The Bertz CT molecular complexity index is 436. The SMILES string of the molecule is CCC1C(C(=O)O)CCCN1c1cccc(N)n1. The Labute approximate surface area is 107 Å². The van der Waals surface area contributed by atoms with E-state index in [0.29, 0.717) is 5.82 Å². The molecule has 0 amide bonds. The summed E-state index contributed by atoms with van der Waals surface area (Å²) in [6.07, 6.45) is 2.42. The molecule has 0 bridgehead atoms. The van der Waals surface area contributed by atoms with Gasteiger partial charge in [-0.05, 0) is 31.4 Å². The average molecular weight is 249 g/mol. The first kappa shape index (κ1) is 12.7. The zero-order valence-corrected chi connectivity index (χ0v) is 10.5. The van der Waals surface area contributed by atoms with Crippen LogP contribution < -0.4 is 10.6 Å². The Morgan fingerprint density at radius 2 is 2.39 bits per heavy atom. The summed E-state index contributed by atoms with van der Waals surface area (Å²) in [4.78, 5) is 17.7. The first-order chi connectivity index (χ1) is 8.63. The van der Waals surface area contributed by atoms with Crippen LogP contribution in [0, 0.1) is 5.92 Å².